The Balaban J connectivity index is 2.47. The first-order valence-electron chi connectivity index (χ1n) is 9.21. The summed E-state index contributed by atoms with van der Waals surface area (Å²) >= 11 is 0. The third-order valence-electron chi connectivity index (χ3n) is 4.26. The topological polar surface area (TPSA) is 65.1 Å². The van der Waals surface area contributed by atoms with Gasteiger partial charge in [0.05, 0.1) is 31.5 Å². The van der Waals surface area contributed by atoms with Crippen LogP contribution in [0.3, 0.4) is 0 Å². The minimum absolute atomic E-state index is 0.209. The number of carbonyl (C=O) groups excluding carboxylic acids is 2. The molecule has 2 rings (SSSR count). The minimum atomic E-state index is -0.518. The molecule has 0 bridgehead atoms. The molecule has 146 valence electrons. The predicted molar refractivity (Wildman–Crippen MR) is 103 cm³/mol. The van der Waals surface area contributed by atoms with E-state index in [1.807, 2.05) is 39.0 Å². The van der Waals surface area contributed by atoms with E-state index in [0.29, 0.717) is 48.1 Å². The summed E-state index contributed by atoms with van der Waals surface area (Å²) in [5, 5.41) is 0. The van der Waals surface area contributed by atoms with Gasteiger partial charge in [-0.05, 0) is 51.0 Å². The van der Waals surface area contributed by atoms with E-state index in [4.69, 9.17) is 14.2 Å². The normalized spacial score (nSPS) is 15.5. The number of ether oxygens (including phenoxy) is 3. The highest BCUT2D eigenvalue weighted by Gasteiger charge is 2.36. The van der Waals surface area contributed by atoms with Crippen LogP contribution in [0, 0.1) is 0 Å². The first kappa shape index (κ1) is 20.6. The number of benzene rings is 1. The number of esters is 1. The zero-order chi connectivity index (χ0) is 20.0. The summed E-state index contributed by atoms with van der Waals surface area (Å²) in [7, 11) is 1.31. The van der Waals surface area contributed by atoms with Crippen LogP contribution in [0.1, 0.15) is 39.7 Å². The van der Waals surface area contributed by atoms with Crippen LogP contribution in [-0.4, -0.2) is 43.6 Å². The molecule has 1 aromatic carbocycles. The van der Waals surface area contributed by atoms with Gasteiger partial charge in [0.25, 0.3) is 5.91 Å². The number of hydrogen-bond donors (Lipinski definition) is 0. The zero-order valence-electron chi connectivity index (χ0n) is 16.6. The Hall–Kier alpha value is -2.76. The summed E-state index contributed by atoms with van der Waals surface area (Å²) < 4.78 is 16.3. The Morgan fingerprint density at radius 3 is 2.48 bits per heavy atom. The molecule has 0 N–H and O–H groups in total. The van der Waals surface area contributed by atoms with E-state index < -0.39 is 5.97 Å². The van der Waals surface area contributed by atoms with Crippen molar-refractivity contribution in [3.8, 4) is 11.5 Å². The fourth-order valence-corrected chi connectivity index (χ4v) is 2.99. The van der Waals surface area contributed by atoms with Crippen LogP contribution >= 0.6 is 0 Å². The number of likely N-dealkylation sites (N-methyl/N-ethyl adjacent to an activating group) is 1. The molecule has 0 saturated carbocycles. The third-order valence-corrected chi connectivity index (χ3v) is 4.26. The highest BCUT2D eigenvalue weighted by atomic mass is 16.5. The van der Waals surface area contributed by atoms with Crippen LogP contribution in [0.15, 0.2) is 35.0 Å². The van der Waals surface area contributed by atoms with E-state index >= 15 is 0 Å². The van der Waals surface area contributed by atoms with Crippen LogP contribution in [0.5, 0.6) is 11.5 Å². The average Bonchev–Trinajstić information content (AvgIpc) is 2.90. The second-order valence-electron chi connectivity index (χ2n) is 6.05. The lowest BCUT2D eigenvalue weighted by Gasteiger charge is -2.14. The predicted octanol–water partition coefficient (Wildman–Crippen LogP) is 3.57. The lowest BCUT2D eigenvalue weighted by atomic mass is 10.0. The van der Waals surface area contributed by atoms with Crippen molar-refractivity contribution < 1.29 is 23.8 Å². The molecule has 0 radical (unpaired) electrons. The van der Waals surface area contributed by atoms with Gasteiger partial charge in [-0.1, -0.05) is 13.0 Å². The molecule has 1 heterocycles. The second-order valence-corrected chi connectivity index (χ2v) is 6.05. The van der Waals surface area contributed by atoms with E-state index in [2.05, 4.69) is 0 Å². The molecule has 6 heteroatoms. The maximum absolute atomic E-state index is 12.8. The molecular weight excluding hydrogens is 346 g/mol. The van der Waals surface area contributed by atoms with Crippen molar-refractivity contribution >= 4 is 18.0 Å². The molecule has 1 aliphatic rings. The van der Waals surface area contributed by atoms with Gasteiger partial charge in [-0.2, -0.15) is 0 Å². The van der Waals surface area contributed by atoms with Crippen LogP contribution in [0.25, 0.3) is 6.08 Å². The Morgan fingerprint density at radius 2 is 1.89 bits per heavy atom. The number of hydrogen-bond acceptors (Lipinski definition) is 5. The number of nitrogens with zero attached hydrogens (tertiary/aromatic N) is 1. The Kier molecular flexibility index (Phi) is 7.05. The fourth-order valence-electron chi connectivity index (χ4n) is 2.99. The lowest BCUT2D eigenvalue weighted by molar-refractivity contribution is -0.136. The van der Waals surface area contributed by atoms with Gasteiger partial charge in [0, 0.05) is 12.2 Å². The van der Waals surface area contributed by atoms with Gasteiger partial charge in [-0.15, -0.1) is 0 Å². The first-order valence-corrected chi connectivity index (χ1v) is 9.21. The molecule has 0 aliphatic carbocycles. The summed E-state index contributed by atoms with van der Waals surface area (Å²) in [4.78, 5) is 26.6. The van der Waals surface area contributed by atoms with E-state index in [0.717, 1.165) is 12.0 Å². The third kappa shape index (κ3) is 4.32. The van der Waals surface area contributed by atoms with Gasteiger partial charge < -0.3 is 19.1 Å². The lowest BCUT2D eigenvalue weighted by Crippen LogP contribution is -2.24. The van der Waals surface area contributed by atoms with E-state index in [1.54, 1.807) is 17.9 Å². The van der Waals surface area contributed by atoms with Gasteiger partial charge >= 0.3 is 5.97 Å². The van der Waals surface area contributed by atoms with Crippen molar-refractivity contribution in [2.75, 3.05) is 26.9 Å². The molecule has 0 aromatic heterocycles. The molecule has 1 aromatic rings. The molecule has 0 saturated heterocycles. The summed E-state index contributed by atoms with van der Waals surface area (Å²) in [5.41, 5.74) is 1.98. The van der Waals surface area contributed by atoms with Gasteiger partial charge in [0.1, 0.15) is 0 Å². The van der Waals surface area contributed by atoms with Crippen molar-refractivity contribution in [2.45, 2.75) is 34.1 Å². The van der Waals surface area contributed by atoms with Crippen LogP contribution in [-0.2, 0) is 14.3 Å². The maximum Gasteiger partial charge on any atom is 0.340 e. The van der Waals surface area contributed by atoms with Gasteiger partial charge in [-0.25, -0.2) is 4.79 Å². The Labute approximate surface area is 160 Å². The van der Waals surface area contributed by atoms with Gasteiger partial charge in [0.2, 0.25) is 0 Å². The van der Waals surface area contributed by atoms with Crippen LogP contribution in [0.4, 0.5) is 0 Å². The molecule has 0 unspecified atom stereocenters. The number of amides is 1. The van der Waals surface area contributed by atoms with Crippen LogP contribution in [0.2, 0.25) is 0 Å². The Morgan fingerprint density at radius 1 is 1.15 bits per heavy atom. The smallest absolute Gasteiger partial charge is 0.340 e. The van der Waals surface area contributed by atoms with Crippen molar-refractivity contribution in [3.63, 3.8) is 0 Å². The average molecular weight is 373 g/mol. The molecule has 0 spiro atoms. The molecule has 0 fully saturated rings. The first-order chi connectivity index (χ1) is 13.0. The minimum Gasteiger partial charge on any atom is -0.490 e. The maximum atomic E-state index is 12.8. The van der Waals surface area contributed by atoms with Crippen molar-refractivity contribution in [1.29, 1.82) is 0 Å². The zero-order valence-corrected chi connectivity index (χ0v) is 16.6. The Bertz CT molecular complexity index is 779. The molecule has 27 heavy (non-hydrogen) atoms. The monoisotopic (exact) mass is 373 g/mol. The number of allylic oxidation sites excluding steroid dienone is 1. The quantitative estimate of drug-likeness (QED) is 0.515. The summed E-state index contributed by atoms with van der Waals surface area (Å²) in [5.74, 6) is 0.544. The molecule has 0 atom stereocenters. The summed E-state index contributed by atoms with van der Waals surface area (Å²) in [6.45, 7) is 9.13. The van der Waals surface area contributed by atoms with E-state index in [1.165, 1.54) is 7.11 Å². The summed E-state index contributed by atoms with van der Waals surface area (Å²) in [6.07, 6.45) is 2.59. The molecule has 1 aliphatic heterocycles. The molecule has 6 nitrogen and oxygen atoms in total. The fraction of sp³-hybridized carbons (Fsp3) is 0.429. The van der Waals surface area contributed by atoms with E-state index in [9.17, 15) is 9.59 Å². The number of methoxy groups -OCH3 is 1. The van der Waals surface area contributed by atoms with Crippen molar-refractivity contribution in [2.24, 2.45) is 0 Å². The second kappa shape index (κ2) is 9.26. The largest absolute Gasteiger partial charge is 0.490 e. The highest BCUT2D eigenvalue weighted by molar-refractivity contribution is 6.16. The standard InChI is InChI=1S/C21H27NO5/c1-6-11-27-17-10-9-15(13-18(17)26-8-3)12-16-19(21(24)25-5)14(4)22(7-2)20(16)23/h9-10,12-13H,6-8,11H2,1-5H3/b16-12-. The van der Waals surface area contributed by atoms with Gasteiger partial charge in [-0.3, -0.25) is 4.79 Å². The van der Waals surface area contributed by atoms with Crippen molar-refractivity contribution in [1.82, 2.24) is 4.90 Å². The summed E-state index contributed by atoms with van der Waals surface area (Å²) in [6, 6.07) is 5.47. The van der Waals surface area contributed by atoms with Crippen molar-refractivity contribution in [3.05, 3.63) is 40.6 Å². The molecule has 1 amide bonds. The SMILES string of the molecule is CCCOc1ccc(/C=C2\C(=O)N(CC)C(C)=C2C(=O)OC)cc1OCC. The van der Waals surface area contributed by atoms with Crippen LogP contribution < -0.4 is 9.47 Å². The number of carbonyl (C=O) groups is 2. The van der Waals surface area contributed by atoms with E-state index in [-0.39, 0.29) is 5.91 Å². The number of rotatable bonds is 8. The van der Waals surface area contributed by atoms with Gasteiger partial charge in [0.15, 0.2) is 11.5 Å². The molecular formula is C21H27NO5. The highest BCUT2D eigenvalue weighted by Crippen LogP contribution is 2.34.